The third-order valence-electron chi connectivity index (χ3n) is 5.32. The Balaban J connectivity index is 1.54. The molecule has 9 nitrogen and oxygen atoms in total. The number of sulfonamides is 1. The van der Waals surface area contributed by atoms with Gasteiger partial charge in [-0.15, -0.1) is 0 Å². The predicted molar refractivity (Wildman–Crippen MR) is 129 cm³/mol. The van der Waals surface area contributed by atoms with E-state index in [-0.39, 0.29) is 34.9 Å². The first-order valence-corrected chi connectivity index (χ1v) is 12.7. The molecule has 2 aromatic heterocycles. The maximum atomic E-state index is 13.2. The normalized spacial score (nSPS) is 15.3. The molecular formula is C24H21BrN2O7S. The lowest BCUT2D eigenvalue weighted by atomic mass is 10.1. The molecule has 1 aliphatic heterocycles. The number of rotatable bonds is 8. The summed E-state index contributed by atoms with van der Waals surface area (Å²) >= 11 is 3.27. The Morgan fingerprint density at radius 2 is 1.89 bits per heavy atom. The summed E-state index contributed by atoms with van der Waals surface area (Å²) in [5.41, 5.74) is 0.661. The number of esters is 1. The zero-order valence-electron chi connectivity index (χ0n) is 18.8. The lowest BCUT2D eigenvalue weighted by Crippen LogP contribution is -2.24. The smallest absolute Gasteiger partial charge is 0.340 e. The molecule has 3 heterocycles. The van der Waals surface area contributed by atoms with Gasteiger partial charge in [-0.25, -0.2) is 17.9 Å². The Labute approximate surface area is 210 Å². The third kappa shape index (κ3) is 5.31. The van der Waals surface area contributed by atoms with Gasteiger partial charge in [0.2, 0.25) is 10.0 Å². The van der Waals surface area contributed by atoms with Crippen LogP contribution in [0.2, 0.25) is 0 Å². The maximum Gasteiger partial charge on any atom is 0.340 e. The summed E-state index contributed by atoms with van der Waals surface area (Å²) in [5.74, 6) is 0.101. The molecule has 1 aliphatic rings. The molecule has 0 aliphatic carbocycles. The highest BCUT2D eigenvalue weighted by atomic mass is 79.9. The Morgan fingerprint density at radius 3 is 2.54 bits per heavy atom. The second kappa shape index (κ2) is 10.1. The second-order valence-electron chi connectivity index (χ2n) is 7.56. The van der Waals surface area contributed by atoms with Crippen molar-refractivity contribution in [3.63, 3.8) is 0 Å². The van der Waals surface area contributed by atoms with Crippen LogP contribution in [0.5, 0.6) is 0 Å². The van der Waals surface area contributed by atoms with Gasteiger partial charge in [0.05, 0.1) is 42.5 Å². The van der Waals surface area contributed by atoms with E-state index in [1.54, 1.807) is 43.3 Å². The first-order chi connectivity index (χ1) is 16.7. The first-order valence-electron chi connectivity index (χ1n) is 10.4. The van der Waals surface area contributed by atoms with Crippen LogP contribution >= 0.6 is 15.9 Å². The van der Waals surface area contributed by atoms with E-state index in [4.69, 9.17) is 13.6 Å². The summed E-state index contributed by atoms with van der Waals surface area (Å²) in [7, 11) is -2.51. The van der Waals surface area contributed by atoms with Crippen molar-refractivity contribution in [2.24, 2.45) is 0 Å². The fourth-order valence-corrected chi connectivity index (χ4v) is 4.81. The molecule has 11 heteroatoms. The minimum Gasteiger partial charge on any atom is -0.467 e. The molecule has 0 bridgehead atoms. The van der Waals surface area contributed by atoms with E-state index in [9.17, 15) is 18.0 Å². The average molecular weight is 561 g/mol. The highest BCUT2D eigenvalue weighted by Crippen LogP contribution is 2.33. The molecule has 0 unspecified atom stereocenters. The predicted octanol–water partition coefficient (Wildman–Crippen LogP) is 3.99. The van der Waals surface area contributed by atoms with Crippen molar-refractivity contribution in [1.29, 1.82) is 0 Å². The molecule has 4 rings (SSSR count). The molecule has 0 spiro atoms. The number of carbonyl (C=O) groups is 2. The van der Waals surface area contributed by atoms with Gasteiger partial charge in [-0.05, 0) is 61.5 Å². The van der Waals surface area contributed by atoms with Crippen LogP contribution in [0.25, 0.3) is 6.08 Å². The average Bonchev–Trinajstić information content (AvgIpc) is 3.56. The van der Waals surface area contributed by atoms with Crippen molar-refractivity contribution in [3.8, 4) is 0 Å². The van der Waals surface area contributed by atoms with Crippen molar-refractivity contribution >= 4 is 43.9 Å². The molecule has 1 aromatic carbocycles. The number of benzene rings is 1. The summed E-state index contributed by atoms with van der Waals surface area (Å²) in [6.07, 6.45) is 2.94. The Morgan fingerprint density at radius 1 is 1.14 bits per heavy atom. The molecule has 0 saturated heterocycles. The van der Waals surface area contributed by atoms with Crippen molar-refractivity contribution in [2.45, 2.75) is 24.9 Å². The Bertz CT molecular complexity index is 1420. The number of amides is 1. The largest absolute Gasteiger partial charge is 0.467 e. The molecule has 0 radical (unpaired) electrons. The minimum atomic E-state index is -3.74. The molecule has 1 N–H and O–H groups in total. The van der Waals surface area contributed by atoms with Gasteiger partial charge in [0.25, 0.3) is 5.91 Å². The van der Waals surface area contributed by atoms with Crippen molar-refractivity contribution in [1.82, 2.24) is 9.62 Å². The Kier molecular flexibility index (Phi) is 7.10. The summed E-state index contributed by atoms with van der Waals surface area (Å²) < 4.78 is 44.2. The van der Waals surface area contributed by atoms with Gasteiger partial charge < -0.3 is 18.5 Å². The van der Waals surface area contributed by atoms with E-state index >= 15 is 0 Å². The van der Waals surface area contributed by atoms with Gasteiger partial charge in [0.15, 0.2) is 0 Å². The number of hydrogen-bond donors (Lipinski definition) is 1. The van der Waals surface area contributed by atoms with Crippen LogP contribution in [0.4, 0.5) is 0 Å². The molecule has 0 saturated carbocycles. The monoisotopic (exact) mass is 560 g/mol. The topological polar surface area (TPSA) is 119 Å². The molecule has 182 valence electrons. The van der Waals surface area contributed by atoms with E-state index in [1.807, 2.05) is 0 Å². The molecule has 35 heavy (non-hydrogen) atoms. The van der Waals surface area contributed by atoms with Gasteiger partial charge in [-0.2, -0.15) is 0 Å². The van der Waals surface area contributed by atoms with Crippen LogP contribution in [0.15, 0.2) is 89.8 Å². The summed E-state index contributed by atoms with van der Waals surface area (Å²) in [6.45, 7) is 1.70. The number of methoxy groups -OCH3 is 1. The van der Waals surface area contributed by atoms with Crippen LogP contribution in [0.1, 0.15) is 24.2 Å². The number of ether oxygens (including phenoxy) is 1. The summed E-state index contributed by atoms with van der Waals surface area (Å²) in [4.78, 5) is 27.2. The van der Waals surface area contributed by atoms with E-state index in [2.05, 4.69) is 20.7 Å². The van der Waals surface area contributed by atoms with Gasteiger partial charge in [0.1, 0.15) is 17.3 Å². The lowest BCUT2D eigenvalue weighted by molar-refractivity contribution is -0.136. The van der Waals surface area contributed by atoms with E-state index in [1.165, 1.54) is 36.5 Å². The summed E-state index contributed by atoms with van der Waals surface area (Å²) in [5, 5.41) is 0. The quantitative estimate of drug-likeness (QED) is 0.326. The van der Waals surface area contributed by atoms with E-state index < -0.39 is 21.9 Å². The van der Waals surface area contributed by atoms with Gasteiger partial charge in [-0.1, -0.05) is 15.9 Å². The van der Waals surface area contributed by atoms with Crippen molar-refractivity contribution < 1.29 is 31.6 Å². The van der Waals surface area contributed by atoms with Crippen LogP contribution in [0.3, 0.4) is 0 Å². The molecule has 0 fully saturated rings. The van der Waals surface area contributed by atoms with Gasteiger partial charge >= 0.3 is 5.97 Å². The number of allylic oxidation sites excluding steroid dienone is 1. The minimum absolute atomic E-state index is 0.0984. The molecule has 3 aromatic rings. The van der Waals surface area contributed by atoms with Crippen molar-refractivity contribution in [2.75, 3.05) is 7.11 Å². The number of halogens is 1. The van der Waals surface area contributed by atoms with Crippen molar-refractivity contribution in [3.05, 3.63) is 93.4 Å². The number of nitrogens with zero attached hydrogens (tertiary/aromatic N) is 1. The van der Waals surface area contributed by atoms with Gasteiger partial charge in [0, 0.05) is 10.2 Å². The van der Waals surface area contributed by atoms with Crippen LogP contribution in [0, 0.1) is 0 Å². The zero-order valence-corrected chi connectivity index (χ0v) is 21.2. The standard InChI is InChI=1S/C24H21BrN2O7S/c1-15-22(24(29)32-2)21(23(28)27(15)14-19-4-3-11-33-19)12-17-7-8-18(34-17)13-26-35(30,31)20-9-5-16(25)6-10-20/h3-12,26H,13-14H2,1-2H3/b21-12+. The molecular weight excluding hydrogens is 540 g/mol. The van der Waals surface area contributed by atoms with E-state index in [0.717, 1.165) is 4.47 Å². The highest BCUT2D eigenvalue weighted by molar-refractivity contribution is 9.10. The number of carbonyl (C=O) groups excluding carboxylic acids is 2. The molecule has 1 amide bonds. The van der Waals surface area contributed by atoms with E-state index in [0.29, 0.717) is 17.2 Å². The van der Waals surface area contributed by atoms with Crippen LogP contribution < -0.4 is 4.72 Å². The SMILES string of the molecule is COC(=O)C1=C(C)N(Cc2ccco2)C(=O)/C1=C/c1ccc(CNS(=O)(=O)c2ccc(Br)cc2)o1. The summed E-state index contributed by atoms with van der Waals surface area (Å²) in [6, 6.07) is 12.8. The highest BCUT2D eigenvalue weighted by Gasteiger charge is 2.37. The first kappa shape index (κ1) is 24.7. The second-order valence-corrected chi connectivity index (χ2v) is 10.2. The zero-order chi connectivity index (χ0) is 25.2. The number of hydrogen-bond acceptors (Lipinski definition) is 7. The fourth-order valence-electron chi connectivity index (χ4n) is 3.55. The maximum absolute atomic E-state index is 13.2. The fraction of sp³-hybridized carbons (Fsp3) is 0.167. The van der Waals surface area contributed by atoms with Gasteiger partial charge in [-0.3, -0.25) is 4.79 Å². The number of furan rings is 2. The lowest BCUT2D eigenvalue weighted by Gasteiger charge is -2.15. The van der Waals surface area contributed by atoms with Crippen LogP contribution in [-0.2, 0) is 37.4 Å². The van der Waals surface area contributed by atoms with Crippen LogP contribution in [-0.4, -0.2) is 32.3 Å². The number of nitrogens with one attached hydrogen (secondary N) is 1. The molecule has 0 atom stereocenters. The Hall–Kier alpha value is -3.41. The third-order valence-corrected chi connectivity index (χ3v) is 7.27.